The van der Waals surface area contributed by atoms with Gasteiger partial charge in [0.25, 0.3) is 0 Å². The van der Waals surface area contributed by atoms with Gasteiger partial charge in [-0.1, -0.05) is 17.7 Å². The van der Waals surface area contributed by atoms with E-state index < -0.39 is 20.0 Å². The van der Waals surface area contributed by atoms with Gasteiger partial charge < -0.3 is 4.74 Å². The molecule has 0 aromatic heterocycles. The van der Waals surface area contributed by atoms with Crippen molar-refractivity contribution in [2.75, 3.05) is 45.6 Å². The lowest BCUT2D eigenvalue weighted by molar-refractivity contribution is 0.213. The molecule has 1 aromatic rings. The van der Waals surface area contributed by atoms with Crippen molar-refractivity contribution < 1.29 is 21.6 Å². The molecule has 0 radical (unpaired) electrons. The summed E-state index contributed by atoms with van der Waals surface area (Å²) in [6.07, 6.45) is 0. The number of nitrogens with zero attached hydrogens (tertiary/aromatic N) is 2. The second-order valence-electron chi connectivity index (χ2n) is 5.52. The summed E-state index contributed by atoms with van der Waals surface area (Å²) in [7, 11) is -5.67. The van der Waals surface area contributed by atoms with Crippen molar-refractivity contribution >= 4 is 31.6 Å². The molecule has 1 saturated heterocycles. The standard InChI is InChI=1S/C14H21ClN2O5S2/c1-12-3-4-13(11-14(12)15)24(20,21)17-7-5-16(6-8-17)23(18,19)10-9-22-2/h3-4,11H,5-10H2,1-2H3. The number of hydrogen-bond donors (Lipinski definition) is 0. The summed E-state index contributed by atoms with van der Waals surface area (Å²) in [4.78, 5) is 0.119. The van der Waals surface area contributed by atoms with E-state index in [1.54, 1.807) is 13.0 Å². The first-order chi connectivity index (χ1) is 11.2. The fourth-order valence-corrected chi connectivity index (χ4v) is 5.44. The molecule has 0 aliphatic carbocycles. The van der Waals surface area contributed by atoms with Crippen molar-refractivity contribution in [1.29, 1.82) is 0 Å². The molecule has 24 heavy (non-hydrogen) atoms. The zero-order chi connectivity index (χ0) is 18.0. The number of piperazine rings is 1. The molecule has 0 N–H and O–H groups in total. The summed E-state index contributed by atoms with van der Waals surface area (Å²) < 4.78 is 56.9. The highest BCUT2D eigenvalue weighted by atomic mass is 35.5. The lowest BCUT2D eigenvalue weighted by atomic mass is 10.2. The van der Waals surface area contributed by atoms with Crippen LogP contribution in [0.15, 0.2) is 23.1 Å². The van der Waals surface area contributed by atoms with Gasteiger partial charge in [-0.2, -0.15) is 8.61 Å². The van der Waals surface area contributed by atoms with Crippen molar-refractivity contribution in [3.8, 4) is 0 Å². The maximum Gasteiger partial charge on any atom is 0.243 e. The maximum atomic E-state index is 12.7. The van der Waals surface area contributed by atoms with E-state index in [9.17, 15) is 16.8 Å². The first kappa shape index (κ1) is 19.6. The molecule has 0 atom stereocenters. The minimum absolute atomic E-state index is 0.107. The molecule has 1 heterocycles. The average molecular weight is 397 g/mol. The summed E-state index contributed by atoms with van der Waals surface area (Å²) in [5, 5.41) is 0.386. The van der Waals surface area contributed by atoms with Gasteiger partial charge >= 0.3 is 0 Å². The molecule has 1 fully saturated rings. The number of methoxy groups -OCH3 is 1. The van der Waals surface area contributed by atoms with Crippen molar-refractivity contribution in [3.63, 3.8) is 0 Å². The van der Waals surface area contributed by atoms with E-state index in [0.29, 0.717) is 5.02 Å². The Kier molecular flexibility index (Phi) is 6.27. The smallest absolute Gasteiger partial charge is 0.243 e. The normalized spacial score (nSPS) is 18.0. The number of hydrogen-bond acceptors (Lipinski definition) is 5. The Hall–Kier alpha value is -0.710. The van der Waals surface area contributed by atoms with Gasteiger partial charge in [0.15, 0.2) is 0 Å². The quantitative estimate of drug-likeness (QED) is 0.714. The lowest BCUT2D eigenvalue weighted by Gasteiger charge is -2.33. The second kappa shape index (κ2) is 7.67. The van der Waals surface area contributed by atoms with E-state index in [0.717, 1.165) is 5.56 Å². The molecule has 1 aliphatic rings. The van der Waals surface area contributed by atoms with Crippen molar-refractivity contribution in [2.45, 2.75) is 11.8 Å². The Morgan fingerprint density at radius 1 is 1.08 bits per heavy atom. The van der Waals surface area contributed by atoms with E-state index in [1.165, 1.54) is 27.9 Å². The van der Waals surface area contributed by atoms with Crippen LogP contribution in [0.25, 0.3) is 0 Å². The molecule has 10 heteroatoms. The topological polar surface area (TPSA) is 84.0 Å². The molecule has 136 valence electrons. The molecule has 1 aromatic carbocycles. The van der Waals surface area contributed by atoms with Crippen LogP contribution >= 0.6 is 11.6 Å². The van der Waals surface area contributed by atoms with E-state index in [-0.39, 0.29) is 43.4 Å². The molecule has 0 spiro atoms. The molecular weight excluding hydrogens is 376 g/mol. The molecule has 1 aliphatic heterocycles. The van der Waals surface area contributed by atoms with E-state index >= 15 is 0 Å². The summed E-state index contributed by atoms with van der Waals surface area (Å²) in [6, 6.07) is 4.59. The van der Waals surface area contributed by atoms with Crippen LogP contribution in [0.1, 0.15) is 5.56 Å². The van der Waals surface area contributed by atoms with Crippen LogP contribution in [-0.2, 0) is 24.8 Å². The van der Waals surface area contributed by atoms with Gasteiger partial charge in [-0.25, -0.2) is 16.8 Å². The minimum Gasteiger partial charge on any atom is -0.384 e. The molecule has 0 bridgehead atoms. The number of ether oxygens (including phenoxy) is 1. The van der Waals surface area contributed by atoms with E-state index in [4.69, 9.17) is 16.3 Å². The zero-order valence-electron chi connectivity index (χ0n) is 13.6. The largest absolute Gasteiger partial charge is 0.384 e. The Labute approximate surface area is 148 Å². The number of halogens is 1. The minimum atomic E-state index is -3.68. The molecule has 7 nitrogen and oxygen atoms in total. The van der Waals surface area contributed by atoms with Crippen LogP contribution < -0.4 is 0 Å². The van der Waals surface area contributed by atoms with Crippen LogP contribution in [0.5, 0.6) is 0 Å². The molecule has 0 saturated carbocycles. The third-order valence-corrected chi connectivity index (χ3v) is 8.05. The summed E-state index contributed by atoms with van der Waals surface area (Å²) >= 11 is 6.01. The van der Waals surface area contributed by atoms with Gasteiger partial charge in [0.2, 0.25) is 20.0 Å². The first-order valence-corrected chi connectivity index (χ1v) is 10.8. The van der Waals surface area contributed by atoms with E-state index in [1.807, 2.05) is 0 Å². The fourth-order valence-electron chi connectivity index (χ4n) is 2.39. The number of rotatable bonds is 6. The van der Waals surface area contributed by atoms with Gasteiger partial charge in [-0.05, 0) is 24.6 Å². The first-order valence-electron chi connectivity index (χ1n) is 7.41. The second-order valence-corrected chi connectivity index (χ2v) is 9.96. The van der Waals surface area contributed by atoms with Crippen molar-refractivity contribution in [2.24, 2.45) is 0 Å². The maximum absolute atomic E-state index is 12.7. The molecule has 0 unspecified atom stereocenters. The highest BCUT2D eigenvalue weighted by Crippen LogP contribution is 2.24. The van der Waals surface area contributed by atoms with Crippen molar-refractivity contribution in [1.82, 2.24) is 8.61 Å². The Morgan fingerprint density at radius 2 is 1.67 bits per heavy atom. The Bertz CT molecular complexity index is 787. The van der Waals surface area contributed by atoms with Crippen LogP contribution in [-0.4, -0.2) is 71.1 Å². The lowest BCUT2D eigenvalue weighted by Crippen LogP contribution is -2.51. The predicted octanol–water partition coefficient (Wildman–Crippen LogP) is 0.931. The van der Waals surface area contributed by atoms with Gasteiger partial charge in [0, 0.05) is 38.3 Å². The third kappa shape index (κ3) is 4.27. The average Bonchev–Trinajstić information content (AvgIpc) is 2.55. The van der Waals surface area contributed by atoms with Crippen LogP contribution in [0.2, 0.25) is 5.02 Å². The fraction of sp³-hybridized carbons (Fsp3) is 0.571. The molecule has 0 amide bonds. The van der Waals surface area contributed by atoms with Crippen molar-refractivity contribution in [3.05, 3.63) is 28.8 Å². The van der Waals surface area contributed by atoms with E-state index in [2.05, 4.69) is 0 Å². The SMILES string of the molecule is COCCS(=O)(=O)N1CCN(S(=O)(=O)c2ccc(C)c(Cl)c2)CC1. The monoisotopic (exact) mass is 396 g/mol. The van der Waals surface area contributed by atoms with Gasteiger partial charge in [0.1, 0.15) is 0 Å². The van der Waals surface area contributed by atoms with Crippen LogP contribution in [0, 0.1) is 6.92 Å². The Morgan fingerprint density at radius 3 is 2.21 bits per heavy atom. The third-order valence-electron chi connectivity index (χ3n) is 3.92. The zero-order valence-corrected chi connectivity index (χ0v) is 16.0. The summed E-state index contributed by atoms with van der Waals surface area (Å²) in [5.74, 6) is -0.107. The molecule has 2 rings (SSSR count). The summed E-state index contributed by atoms with van der Waals surface area (Å²) in [5.41, 5.74) is 0.796. The highest BCUT2D eigenvalue weighted by Gasteiger charge is 2.32. The number of aryl methyl sites for hydroxylation is 1. The Balaban J connectivity index is 2.09. The number of sulfonamides is 2. The van der Waals surface area contributed by atoms with Crippen LogP contribution in [0.4, 0.5) is 0 Å². The summed E-state index contributed by atoms with van der Waals surface area (Å²) in [6.45, 7) is 2.39. The molecular formula is C14H21ClN2O5S2. The predicted molar refractivity (Wildman–Crippen MR) is 92.2 cm³/mol. The van der Waals surface area contributed by atoms with Gasteiger partial charge in [-0.3, -0.25) is 0 Å². The van der Waals surface area contributed by atoms with Gasteiger partial charge in [0.05, 0.1) is 17.3 Å². The number of benzene rings is 1. The van der Waals surface area contributed by atoms with Crippen LogP contribution in [0.3, 0.4) is 0 Å². The van der Waals surface area contributed by atoms with Gasteiger partial charge in [-0.15, -0.1) is 0 Å². The highest BCUT2D eigenvalue weighted by molar-refractivity contribution is 7.89.